The predicted molar refractivity (Wildman–Crippen MR) is 87.6 cm³/mol. The van der Waals surface area contributed by atoms with Crippen molar-refractivity contribution in [2.75, 3.05) is 13.7 Å². The molecular weight excluding hydrogens is 314 g/mol. The van der Waals surface area contributed by atoms with Crippen LogP contribution >= 0.6 is 11.3 Å². The highest BCUT2D eigenvalue weighted by Crippen LogP contribution is 2.38. The predicted octanol–water partition coefficient (Wildman–Crippen LogP) is 1.75. The fraction of sp³-hybridized carbons (Fsp3) is 0.688. The van der Waals surface area contributed by atoms with E-state index in [2.05, 4.69) is 4.98 Å². The number of aliphatic hydroxyl groups is 1. The number of nitrogens with zero attached hydrogens (tertiary/aromatic N) is 3. The Kier molecular flexibility index (Phi) is 4.18. The summed E-state index contributed by atoms with van der Waals surface area (Å²) in [6, 6.07) is 0.702. The molecule has 0 saturated carbocycles. The minimum Gasteiger partial charge on any atom is -0.394 e. The molecule has 0 unspecified atom stereocenters. The maximum absolute atomic E-state index is 12.7. The van der Waals surface area contributed by atoms with Crippen molar-refractivity contribution in [2.45, 2.75) is 57.2 Å². The summed E-state index contributed by atoms with van der Waals surface area (Å²) in [5, 5.41) is 11.4. The monoisotopic (exact) mass is 337 g/mol. The number of amides is 2. The molecule has 0 atom stereocenters. The first kappa shape index (κ1) is 16.4. The van der Waals surface area contributed by atoms with Crippen LogP contribution < -0.4 is 0 Å². The van der Waals surface area contributed by atoms with Crippen LogP contribution in [0.2, 0.25) is 0 Å². The number of hydrogen-bond donors (Lipinski definition) is 1. The van der Waals surface area contributed by atoms with Crippen molar-refractivity contribution >= 4 is 23.2 Å². The second-order valence-corrected chi connectivity index (χ2v) is 7.91. The number of carbonyl (C=O) groups excluding carboxylic acids is 2. The molecule has 1 N–H and O–H groups in total. The first-order valence-electron chi connectivity index (χ1n) is 8.02. The molecule has 0 spiro atoms. The smallest absolute Gasteiger partial charge is 0.283 e. The Bertz CT molecular complexity index is 608. The lowest BCUT2D eigenvalue weighted by atomic mass is 10.0. The van der Waals surface area contributed by atoms with Gasteiger partial charge in [-0.3, -0.25) is 9.59 Å². The van der Waals surface area contributed by atoms with Gasteiger partial charge in [0.1, 0.15) is 5.69 Å². The summed E-state index contributed by atoms with van der Waals surface area (Å²) in [5.41, 5.74) is -0.298. The third kappa shape index (κ3) is 2.76. The molecule has 2 fully saturated rings. The topological polar surface area (TPSA) is 73.7 Å². The fourth-order valence-corrected chi connectivity index (χ4v) is 4.14. The van der Waals surface area contributed by atoms with Crippen molar-refractivity contribution in [1.29, 1.82) is 0 Å². The standard InChI is InChI=1S/C16H23N3O3S/c1-16(2,9-20)18(3)15(22)13-17-12(8-23-13)14(21)19-10-4-5-11(19)7-6-10/h8,10-11,20H,4-7,9H2,1-3H3. The second-order valence-electron chi connectivity index (χ2n) is 7.05. The van der Waals surface area contributed by atoms with Crippen molar-refractivity contribution in [3.63, 3.8) is 0 Å². The van der Waals surface area contributed by atoms with Crippen LogP contribution in [0.25, 0.3) is 0 Å². The minimum absolute atomic E-state index is 0.0469. The van der Waals surface area contributed by atoms with E-state index in [1.165, 1.54) is 16.2 Å². The zero-order chi connectivity index (χ0) is 16.8. The van der Waals surface area contributed by atoms with Gasteiger partial charge in [0.25, 0.3) is 11.8 Å². The Morgan fingerprint density at radius 2 is 1.91 bits per heavy atom. The van der Waals surface area contributed by atoms with Crippen LogP contribution in [0.1, 0.15) is 59.8 Å². The third-order valence-electron chi connectivity index (χ3n) is 5.19. The fourth-order valence-electron chi connectivity index (χ4n) is 3.37. The first-order valence-corrected chi connectivity index (χ1v) is 8.90. The average Bonchev–Trinajstić information content (AvgIpc) is 3.27. The highest BCUT2D eigenvalue weighted by Gasteiger charge is 2.43. The number of aliphatic hydroxyl groups excluding tert-OH is 1. The molecule has 2 aliphatic heterocycles. The lowest BCUT2D eigenvalue weighted by Crippen LogP contribution is -2.47. The molecule has 0 radical (unpaired) electrons. The number of fused-ring (bicyclic) bond motifs is 2. The Labute approximate surface area is 140 Å². The molecule has 0 aliphatic carbocycles. The lowest BCUT2D eigenvalue weighted by molar-refractivity contribution is 0.0472. The number of hydrogen-bond acceptors (Lipinski definition) is 5. The molecule has 2 saturated heterocycles. The molecule has 2 amide bonds. The van der Waals surface area contributed by atoms with Crippen LogP contribution in [0, 0.1) is 0 Å². The van der Waals surface area contributed by atoms with Crippen LogP contribution in [0.3, 0.4) is 0 Å². The van der Waals surface area contributed by atoms with E-state index in [4.69, 9.17) is 0 Å². The maximum Gasteiger partial charge on any atom is 0.283 e. The molecule has 3 heterocycles. The van der Waals surface area contributed by atoms with Gasteiger partial charge in [0.15, 0.2) is 5.01 Å². The van der Waals surface area contributed by atoms with Crippen LogP contribution in [0.5, 0.6) is 0 Å². The van der Waals surface area contributed by atoms with E-state index in [9.17, 15) is 14.7 Å². The molecule has 1 aromatic heterocycles. The van der Waals surface area contributed by atoms with Crippen LogP contribution in [0.4, 0.5) is 0 Å². The normalized spacial score (nSPS) is 23.4. The molecule has 6 nitrogen and oxygen atoms in total. The largest absolute Gasteiger partial charge is 0.394 e. The molecule has 7 heteroatoms. The Hall–Kier alpha value is -1.47. The molecular formula is C16H23N3O3S. The maximum atomic E-state index is 12.7. The van der Waals surface area contributed by atoms with Crippen LogP contribution in [-0.4, -0.2) is 63.0 Å². The Balaban J connectivity index is 1.76. The van der Waals surface area contributed by atoms with Crippen molar-refractivity contribution < 1.29 is 14.7 Å². The van der Waals surface area contributed by atoms with Gasteiger partial charge in [-0.25, -0.2) is 4.98 Å². The van der Waals surface area contributed by atoms with Crippen LogP contribution in [0.15, 0.2) is 5.38 Å². The molecule has 2 aliphatic rings. The highest BCUT2D eigenvalue weighted by atomic mass is 32.1. The van der Waals surface area contributed by atoms with E-state index in [0.29, 0.717) is 22.8 Å². The van der Waals surface area contributed by atoms with Gasteiger partial charge in [-0.1, -0.05) is 0 Å². The van der Waals surface area contributed by atoms with Gasteiger partial charge in [0, 0.05) is 24.5 Å². The number of likely N-dealkylation sites (N-methyl/N-ethyl adjacent to an activating group) is 1. The van der Waals surface area contributed by atoms with Gasteiger partial charge >= 0.3 is 0 Å². The minimum atomic E-state index is -0.666. The van der Waals surface area contributed by atoms with Crippen molar-refractivity contribution in [3.05, 3.63) is 16.1 Å². The SMILES string of the molecule is CN(C(=O)c1nc(C(=O)N2C3CCC2CC3)cs1)C(C)(C)CO. The number of carbonyl (C=O) groups is 2. The van der Waals surface area contributed by atoms with E-state index in [0.717, 1.165) is 25.7 Å². The Morgan fingerprint density at radius 3 is 2.43 bits per heavy atom. The summed E-state index contributed by atoms with van der Waals surface area (Å²) in [5.74, 6) is -0.313. The van der Waals surface area contributed by atoms with Crippen molar-refractivity contribution in [3.8, 4) is 0 Å². The van der Waals surface area contributed by atoms with E-state index in [-0.39, 0.29) is 18.4 Å². The second kappa shape index (κ2) is 5.87. The molecule has 2 bridgehead atoms. The zero-order valence-corrected chi connectivity index (χ0v) is 14.6. The van der Waals surface area contributed by atoms with Crippen LogP contribution in [-0.2, 0) is 0 Å². The van der Waals surface area contributed by atoms with E-state index < -0.39 is 5.54 Å². The molecule has 23 heavy (non-hydrogen) atoms. The van der Waals surface area contributed by atoms with Gasteiger partial charge in [-0.15, -0.1) is 11.3 Å². The van der Waals surface area contributed by atoms with Gasteiger partial charge < -0.3 is 14.9 Å². The third-order valence-corrected chi connectivity index (χ3v) is 6.02. The van der Waals surface area contributed by atoms with E-state index in [1.54, 1.807) is 26.3 Å². The van der Waals surface area contributed by atoms with Crippen molar-refractivity contribution in [1.82, 2.24) is 14.8 Å². The van der Waals surface area contributed by atoms with Crippen molar-refractivity contribution in [2.24, 2.45) is 0 Å². The molecule has 0 aromatic carbocycles. The lowest BCUT2D eigenvalue weighted by Gasteiger charge is -2.33. The zero-order valence-electron chi connectivity index (χ0n) is 13.8. The number of aromatic nitrogens is 1. The summed E-state index contributed by atoms with van der Waals surface area (Å²) in [6.07, 6.45) is 4.33. The number of thiazole rings is 1. The molecule has 3 rings (SSSR count). The summed E-state index contributed by atoms with van der Waals surface area (Å²) >= 11 is 1.19. The van der Waals surface area contributed by atoms with Gasteiger partial charge in [-0.2, -0.15) is 0 Å². The number of rotatable bonds is 4. The molecule has 126 valence electrons. The first-order chi connectivity index (χ1) is 10.8. The summed E-state index contributed by atoms with van der Waals surface area (Å²) in [4.78, 5) is 32.9. The average molecular weight is 337 g/mol. The van der Waals surface area contributed by atoms with Gasteiger partial charge in [0.05, 0.1) is 12.1 Å². The van der Waals surface area contributed by atoms with Gasteiger partial charge in [0.2, 0.25) is 0 Å². The summed E-state index contributed by atoms with van der Waals surface area (Å²) < 4.78 is 0. The molecule has 1 aromatic rings. The van der Waals surface area contributed by atoms with Gasteiger partial charge in [-0.05, 0) is 39.5 Å². The van der Waals surface area contributed by atoms with E-state index in [1.807, 2.05) is 4.90 Å². The Morgan fingerprint density at radius 1 is 1.35 bits per heavy atom. The summed E-state index contributed by atoms with van der Waals surface area (Å²) in [6.45, 7) is 3.43. The van der Waals surface area contributed by atoms with E-state index >= 15 is 0 Å². The highest BCUT2D eigenvalue weighted by molar-refractivity contribution is 7.11. The quantitative estimate of drug-likeness (QED) is 0.908. The summed E-state index contributed by atoms with van der Waals surface area (Å²) in [7, 11) is 1.64.